The largest absolute Gasteiger partial charge is 0.377 e. The van der Waals surface area contributed by atoms with Crippen LogP contribution in [0.4, 0.5) is 5.69 Å². The van der Waals surface area contributed by atoms with E-state index in [1.165, 1.54) is 0 Å². The molecule has 4 nitrogen and oxygen atoms in total. The van der Waals surface area contributed by atoms with Gasteiger partial charge in [0.1, 0.15) is 6.07 Å². The van der Waals surface area contributed by atoms with E-state index in [1.807, 2.05) is 26.8 Å². The molecule has 1 aliphatic rings. The molecule has 1 saturated heterocycles. The average Bonchev–Trinajstić information content (AvgIpc) is 2.38. The lowest BCUT2D eigenvalue weighted by molar-refractivity contribution is 0.0526. The maximum atomic E-state index is 9.34. The molecule has 1 aliphatic heterocycles. The van der Waals surface area contributed by atoms with Crippen molar-refractivity contribution >= 4 is 5.69 Å². The Bertz CT molecular complexity index is 491. The first-order valence-corrected chi connectivity index (χ1v) is 6.90. The monoisotopic (exact) mass is 259 g/mol. The second-order valence-corrected chi connectivity index (χ2v) is 5.02. The van der Waals surface area contributed by atoms with Gasteiger partial charge in [0.15, 0.2) is 0 Å². The predicted octanol–water partition coefficient (Wildman–Crippen LogP) is 2.58. The highest BCUT2D eigenvalue weighted by molar-refractivity contribution is 5.61. The topological polar surface area (TPSA) is 49.1 Å². The fourth-order valence-corrected chi connectivity index (χ4v) is 2.72. The van der Waals surface area contributed by atoms with E-state index in [1.54, 1.807) is 0 Å². The van der Waals surface area contributed by atoms with Gasteiger partial charge >= 0.3 is 0 Å². The zero-order valence-electron chi connectivity index (χ0n) is 11.9. The van der Waals surface area contributed by atoms with Crippen molar-refractivity contribution in [3.05, 3.63) is 23.0 Å². The fraction of sp³-hybridized carbons (Fsp3) is 0.600. The number of hydrogen-bond acceptors (Lipinski definition) is 4. The van der Waals surface area contributed by atoms with Gasteiger partial charge in [-0.15, -0.1) is 0 Å². The summed E-state index contributed by atoms with van der Waals surface area (Å²) >= 11 is 0. The second-order valence-electron chi connectivity index (χ2n) is 5.02. The second kappa shape index (κ2) is 6.03. The summed E-state index contributed by atoms with van der Waals surface area (Å²) in [5.41, 5.74) is 3.49. The quantitative estimate of drug-likeness (QED) is 0.837. The van der Waals surface area contributed by atoms with Crippen molar-refractivity contribution in [2.45, 2.75) is 39.7 Å². The van der Waals surface area contributed by atoms with Gasteiger partial charge in [-0.2, -0.15) is 5.26 Å². The number of hydrogen-bond donors (Lipinski definition) is 0. The molecule has 0 aliphatic carbocycles. The van der Waals surface area contributed by atoms with E-state index < -0.39 is 0 Å². The summed E-state index contributed by atoms with van der Waals surface area (Å²) in [6, 6.07) is 4.30. The van der Waals surface area contributed by atoms with Crippen LogP contribution in [0.5, 0.6) is 0 Å². The minimum Gasteiger partial charge on any atom is -0.377 e. The van der Waals surface area contributed by atoms with Crippen LogP contribution in [0.2, 0.25) is 0 Å². The molecule has 4 heteroatoms. The fourth-order valence-electron chi connectivity index (χ4n) is 2.72. The highest BCUT2D eigenvalue weighted by Gasteiger charge is 2.23. The lowest BCUT2D eigenvalue weighted by Crippen LogP contribution is -2.40. The highest BCUT2D eigenvalue weighted by Crippen LogP contribution is 2.27. The van der Waals surface area contributed by atoms with Gasteiger partial charge in [-0.05, 0) is 39.7 Å². The third kappa shape index (κ3) is 3.05. The number of nitrogens with zero attached hydrogens (tertiary/aromatic N) is 3. The number of nitriles is 1. The number of pyridine rings is 1. The van der Waals surface area contributed by atoms with Gasteiger partial charge in [-0.3, -0.25) is 4.98 Å². The number of piperidine rings is 1. The van der Waals surface area contributed by atoms with Crippen LogP contribution in [-0.2, 0) is 4.74 Å². The zero-order chi connectivity index (χ0) is 13.8. The van der Waals surface area contributed by atoms with Crippen LogP contribution in [0, 0.1) is 25.2 Å². The number of aryl methyl sites for hydroxylation is 2. The van der Waals surface area contributed by atoms with Gasteiger partial charge in [0.2, 0.25) is 0 Å². The van der Waals surface area contributed by atoms with Crippen molar-refractivity contribution in [3.8, 4) is 6.07 Å². The molecule has 0 saturated carbocycles. The Hall–Kier alpha value is -1.60. The van der Waals surface area contributed by atoms with Gasteiger partial charge in [-0.1, -0.05) is 0 Å². The lowest BCUT2D eigenvalue weighted by atomic mass is 10.0. The molecular weight excluding hydrogens is 238 g/mol. The third-order valence-corrected chi connectivity index (χ3v) is 3.54. The van der Waals surface area contributed by atoms with Crippen LogP contribution in [0.3, 0.4) is 0 Å². The first-order chi connectivity index (χ1) is 9.15. The predicted molar refractivity (Wildman–Crippen MR) is 75.3 cm³/mol. The van der Waals surface area contributed by atoms with Crippen molar-refractivity contribution in [1.29, 1.82) is 5.26 Å². The van der Waals surface area contributed by atoms with Crippen LogP contribution in [0.1, 0.15) is 36.7 Å². The van der Waals surface area contributed by atoms with Crippen LogP contribution in [-0.4, -0.2) is 30.8 Å². The Morgan fingerprint density at radius 2 is 2.32 bits per heavy atom. The van der Waals surface area contributed by atoms with Gasteiger partial charge in [0.05, 0.1) is 23.0 Å². The first-order valence-electron chi connectivity index (χ1n) is 6.90. The molecular formula is C15H21N3O. The van der Waals surface area contributed by atoms with Crippen LogP contribution in [0.25, 0.3) is 0 Å². The Morgan fingerprint density at radius 3 is 3.00 bits per heavy atom. The summed E-state index contributed by atoms with van der Waals surface area (Å²) in [4.78, 5) is 6.64. The van der Waals surface area contributed by atoms with E-state index in [-0.39, 0.29) is 6.10 Å². The molecule has 1 aromatic rings. The zero-order valence-corrected chi connectivity index (χ0v) is 11.9. The molecule has 102 valence electrons. The van der Waals surface area contributed by atoms with Crippen molar-refractivity contribution in [2.24, 2.45) is 0 Å². The molecule has 0 spiro atoms. The molecule has 2 heterocycles. The summed E-state index contributed by atoms with van der Waals surface area (Å²) in [6.45, 7) is 8.51. The lowest BCUT2D eigenvalue weighted by Gasteiger charge is -2.34. The maximum absolute atomic E-state index is 9.34. The van der Waals surface area contributed by atoms with E-state index >= 15 is 0 Å². The molecule has 0 radical (unpaired) electrons. The Labute approximate surface area is 115 Å². The first kappa shape index (κ1) is 13.8. The molecule has 1 fully saturated rings. The Morgan fingerprint density at radius 1 is 1.53 bits per heavy atom. The number of rotatable bonds is 3. The van der Waals surface area contributed by atoms with E-state index in [4.69, 9.17) is 4.74 Å². The SMILES string of the molecule is CCOC1CCCN(c2cc(C)nc(C)c2C#N)C1. The molecule has 19 heavy (non-hydrogen) atoms. The Kier molecular flexibility index (Phi) is 4.39. The smallest absolute Gasteiger partial charge is 0.103 e. The molecule has 1 atom stereocenters. The molecule has 0 aromatic carbocycles. The maximum Gasteiger partial charge on any atom is 0.103 e. The molecule has 0 bridgehead atoms. The van der Waals surface area contributed by atoms with E-state index in [2.05, 4.69) is 16.0 Å². The van der Waals surface area contributed by atoms with Crippen molar-refractivity contribution < 1.29 is 4.74 Å². The van der Waals surface area contributed by atoms with Crippen LogP contribution in [0.15, 0.2) is 6.07 Å². The number of aromatic nitrogens is 1. The summed E-state index contributed by atoms with van der Waals surface area (Å²) in [5, 5.41) is 9.34. The van der Waals surface area contributed by atoms with E-state index in [0.717, 1.165) is 49.6 Å². The normalized spacial score (nSPS) is 19.3. The Balaban J connectivity index is 2.28. The van der Waals surface area contributed by atoms with E-state index in [0.29, 0.717) is 5.56 Å². The van der Waals surface area contributed by atoms with Gasteiger partial charge in [0.25, 0.3) is 0 Å². The summed E-state index contributed by atoms with van der Waals surface area (Å²) < 4.78 is 5.73. The number of anilines is 1. The highest BCUT2D eigenvalue weighted by atomic mass is 16.5. The number of ether oxygens (including phenoxy) is 1. The van der Waals surface area contributed by atoms with E-state index in [9.17, 15) is 5.26 Å². The van der Waals surface area contributed by atoms with Crippen LogP contribution >= 0.6 is 0 Å². The summed E-state index contributed by atoms with van der Waals surface area (Å²) in [7, 11) is 0. The molecule has 0 N–H and O–H groups in total. The van der Waals surface area contributed by atoms with Crippen LogP contribution < -0.4 is 4.90 Å². The molecule has 2 rings (SSSR count). The van der Waals surface area contributed by atoms with Crippen molar-refractivity contribution in [3.63, 3.8) is 0 Å². The molecule has 1 aromatic heterocycles. The van der Waals surface area contributed by atoms with Gasteiger partial charge in [0, 0.05) is 25.4 Å². The van der Waals surface area contributed by atoms with Gasteiger partial charge in [-0.25, -0.2) is 0 Å². The third-order valence-electron chi connectivity index (χ3n) is 3.54. The minimum atomic E-state index is 0.277. The minimum absolute atomic E-state index is 0.277. The molecule has 0 amide bonds. The van der Waals surface area contributed by atoms with Crippen molar-refractivity contribution in [1.82, 2.24) is 4.98 Å². The standard InChI is InChI=1S/C15H21N3O/c1-4-19-13-6-5-7-18(10-13)15-8-11(2)17-12(3)14(15)9-16/h8,13H,4-7,10H2,1-3H3. The van der Waals surface area contributed by atoms with Gasteiger partial charge < -0.3 is 9.64 Å². The molecule has 1 unspecified atom stereocenters. The summed E-state index contributed by atoms with van der Waals surface area (Å²) in [6.07, 6.45) is 2.49. The summed E-state index contributed by atoms with van der Waals surface area (Å²) in [5.74, 6) is 0. The average molecular weight is 259 g/mol. The van der Waals surface area contributed by atoms with Crippen molar-refractivity contribution in [2.75, 3.05) is 24.6 Å².